The Morgan fingerprint density at radius 1 is 1.17 bits per heavy atom. The largest absolute Gasteiger partial charge is 0.379 e. The minimum Gasteiger partial charge on any atom is -0.379 e. The number of benzene rings is 1. The van der Waals surface area contributed by atoms with Crippen LogP contribution >= 0.6 is 0 Å². The molecule has 1 N–H and O–H groups in total. The van der Waals surface area contributed by atoms with Crippen LogP contribution in [0.4, 0.5) is 15.8 Å². The van der Waals surface area contributed by atoms with Gasteiger partial charge in [-0.2, -0.15) is 0 Å². The van der Waals surface area contributed by atoms with Crippen LogP contribution in [0.5, 0.6) is 0 Å². The number of pyridine rings is 1. The van der Waals surface area contributed by atoms with Gasteiger partial charge in [0.05, 0.1) is 31.6 Å². The second kappa shape index (κ2) is 6.49. The minimum atomic E-state index is -0.236. The fraction of sp³-hybridized carbons (Fsp3) is 0.278. The van der Waals surface area contributed by atoms with Gasteiger partial charge in [-0.25, -0.2) is 9.37 Å². The highest BCUT2D eigenvalue weighted by molar-refractivity contribution is 5.59. The van der Waals surface area contributed by atoms with Crippen LogP contribution in [0.1, 0.15) is 5.69 Å². The van der Waals surface area contributed by atoms with Crippen molar-refractivity contribution in [2.24, 2.45) is 0 Å². The van der Waals surface area contributed by atoms with Crippen LogP contribution in [-0.4, -0.2) is 35.7 Å². The number of hydrogen-bond acceptors (Lipinski definition) is 4. The van der Waals surface area contributed by atoms with Crippen molar-refractivity contribution in [3.8, 4) is 0 Å². The fourth-order valence-electron chi connectivity index (χ4n) is 2.99. The number of fused-ring (bicyclic) bond motifs is 1. The van der Waals surface area contributed by atoms with E-state index in [1.165, 1.54) is 6.07 Å². The number of aromatic nitrogens is 2. The first kappa shape index (κ1) is 15.0. The third kappa shape index (κ3) is 3.05. The maximum Gasteiger partial charge on any atom is 0.136 e. The topological polar surface area (TPSA) is 41.8 Å². The van der Waals surface area contributed by atoms with Crippen molar-refractivity contribution in [1.29, 1.82) is 0 Å². The molecule has 0 amide bonds. The van der Waals surface area contributed by atoms with Gasteiger partial charge in [-0.05, 0) is 30.3 Å². The Hall–Kier alpha value is -2.60. The van der Waals surface area contributed by atoms with Gasteiger partial charge in [0, 0.05) is 30.7 Å². The lowest BCUT2D eigenvalue weighted by molar-refractivity contribution is 0.122. The van der Waals surface area contributed by atoms with E-state index in [9.17, 15) is 4.39 Å². The number of rotatable bonds is 4. The van der Waals surface area contributed by atoms with E-state index >= 15 is 0 Å². The van der Waals surface area contributed by atoms with Crippen LogP contribution in [0.2, 0.25) is 0 Å². The molecule has 3 heterocycles. The number of nitrogens with one attached hydrogen (secondary N) is 1. The number of halogens is 1. The first-order valence-electron chi connectivity index (χ1n) is 8.08. The molecule has 0 atom stereocenters. The summed E-state index contributed by atoms with van der Waals surface area (Å²) >= 11 is 0. The Labute approximate surface area is 139 Å². The molecule has 2 aromatic heterocycles. The molecule has 1 saturated heterocycles. The molecule has 1 aromatic carbocycles. The summed E-state index contributed by atoms with van der Waals surface area (Å²) in [5.74, 6) is -0.236. The molecule has 3 aromatic rings. The molecule has 4 rings (SSSR count). The van der Waals surface area contributed by atoms with Gasteiger partial charge in [-0.1, -0.05) is 6.07 Å². The van der Waals surface area contributed by atoms with Gasteiger partial charge < -0.3 is 19.4 Å². The molecular formula is C18H19FN4O. The number of hydrogen-bond donors (Lipinski definition) is 1. The summed E-state index contributed by atoms with van der Waals surface area (Å²) in [5.41, 5.74) is 3.59. The van der Waals surface area contributed by atoms with E-state index in [2.05, 4.69) is 15.2 Å². The smallest absolute Gasteiger partial charge is 0.136 e. The van der Waals surface area contributed by atoms with Crippen LogP contribution in [0.25, 0.3) is 5.65 Å². The zero-order valence-electron chi connectivity index (χ0n) is 13.3. The Bertz CT molecular complexity index is 842. The van der Waals surface area contributed by atoms with Crippen LogP contribution < -0.4 is 10.2 Å². The quantitative estimate of drug-likeness (QED) is 0.800. The average molecular weight is 326 g/mol. The summed E-state index contributed by atoms with van der Waals surface area (Å²) in [6, 6.07) is 11.0. The SMILES string of the molecule is Fc1cc(NCc2cnc3ccccn23)cc(N2CCOCC2)c1. The van der Waals surface area contributed by atoms with Crippen LogP contribution in [0.15, 0.2) is 48.8 Å². The van der Waals surface area contributed by atoms with Crippen molar-refractivity contribution >= 4 is 17.0 Å². The van der Waals surface area contributed by atoms with Crippen LogP contribution in [-0.2, 0) is 11.3 Å². The lowest BCUT2D eigenvalue weighted by Crippen LogP contribution is -2.36. The number of morpholine rings is 1. The van der Waals surface area contributed by atoms with Crippen molar-refractivity contribution < 1.29 is 9.13 Å². The molecule has 124 valence electrons. The maximum atomic E-state index is 14.0. The predicted molar refractivity (Wildman–Crippen MR) is 92.0 cm³/mol. The lowest BCUT2D eigenvalue weighted by Gasteiger charge is -2.29. The molecule has 24 heavy (non-hydrogen) atoms. The van der Waals surface area contributed by atoms with Crippen molar-refractivity contribution in [3.63, 3.8) is 0 Å². The average Bonchev–Trinajstić information content (AvgIpc) is 3.03. The standard InChI is InChI=1S/C18H19FN4O/c19-14-9-15(11-16(10-14)22-5-7-24-8-6-22)20-12-17-13-21-18-3-1-2-4-23(17)18/h1-4,9-11,13,20H,5-8,12H2. The van der Waals surface area contributed by atoms with Gasteiger partial charge in [-0.15, -0.1) is 0 Å². The van der Waals surface area contributed by atoms with Crippen molar-refractivity contribution in [3.05, 3.63) is 60.3 Å². The molecule has 0 aliphatic carbocycles. The van der Waals surface area contributed by atoms with Crippen molar-refractivity contribution in [1.82, 2.24) is 9.38 Å². The number of anilines is 2. The number of nitrogens with zero attached hydrogens (tertiary/aromatic N) is 3. The molecule has 0 bridgehead atoms. The van der Waals surface area contributed by atoms with Gasteiger partial charge in [0.2, 0.25) is 0 Å². The monoisotopic (exact) mass is 326 g/mol. The molecule has 0 unspecified atom stereocenters. The number of ether oxygens (including phenoxy) is 1. The van der Waals surface area contributed by atoms with Gasteiger partial charge in [0.1, 0.15) is 11.5 Å². The fourth-order valence-corrected chi connectivity index (χ4v) is 2.99. The van der Waals surface area contributed by atoms with E-state index < -0.39 is 0 Å². The predicted octanol–water partition coefficient (Wildman–Crippen LogP) is 2.92. The normalized spacial score (nSPS) is 15.0. The first-order chi connectivity index (χ1) is 11.8. The Morgan fingerprint density at radius 3 is 2.92 bits per heavy atom. The van der Waals surface area contributed by atoms with Crippen molar-refractivity contribution in [2.45, 2.75) is 6.54 Å². The molecule has 0 spiro atoms. The third-order valence-electron chi connectivity index (χ3n) is 4.23. The van der Waals surface area contributed by atoms with E-state index in [1.807, 2.05) is 41.1 Å². The van der Waals surface area contributed by atoms with E-state index in [0.717, 1.165) is 35.8 Å². The highest BCUT2D eigenvalue weighted by Gasteiger charge is 2.13. The van der Waals surface area contributed by atoms with Crippen molar-refractivity contribution in [2.75, 3.05) is 36.5 Å². The van der Waals surface area contributed by atoms with E-state index in [1.54, 1.807) is 6.07 Å². The highest BCUT2D eigenvalue weighted by Crippen LogP contribution is 2.23. The van der Waals surface area contributed by atoms with Gasteiger partial charge in [0.15, 0.2) is 0 Å². The van der Waals surface area contributed by atoms with Crippen LogP contribution in [0, 0.1) is 5.82 Å². The zero-order valence-corrected chi connectivity index (χ0v) is 13.3. The second-order valence-electron chi connectivity index (χ2n) is 5.83. The third-order valence-corrected chi connectivity index (χ3v) is 4.23. The highest BCUT2D eigenvalue weighted by atomic mass is 19.1. The second-order valence-corrected chi connectivity index (χ2v) is 5.83. The molecule has 1 aliphatic rings. The van der Waals surface area contributed by atoms with Gasteiger partial charge in [0.25, 0.3) is 0 Å². The molecule has 5 nitrogen and oxygen atoms in total. The van der Waals surface area contributed by atoms with E-state index in [0.29, 0.717) is 19.8 Å². The molecule has 0 radical (unpaired) electrons. The van der Waals surface area contributed by atoms with Gasteiger partial charge in [-0.3, -0.25) is 0 Å². The first-order valence-corrected chi connectivity index (χ1v) is 8.08. The summed E-state index contributed by atoms with van der Waals surface area (Å²) in [7, 11) is 0. The van der Waals surface area contributed by atoms with Crippen LogP contribution in [0.3, 0.4) is 0 Å². The molecular weight excluding hydrogens is 307 g/mol. The molecule has 1 aliphatic heterocycles. The Morgan fingerprint density at radius 2 is 2.04 bits per heavy atom. The Balaban J connectivity index is 1.52. The zero-order chi connectivity index (χ0) is 16.4. The Kier molecular flexibility index (Phi) is 4.04. The summed E-state index contributed by atoms with van der Waals surface area (Å²) in [6.45, 7) is 3.52. The molecule has 0 saturated carbocycles. The number of imidazole rings is 1. The summed E-state index contributed by atoms with van der Waals surface area (Å²) in [6.07, 6.45) is 3.81. The van der Waals surface area contributed by atoms with E-state index in [4.69, 9.17) is 4.74 Å². The minimum absolute atomic E-state index is 0.236. The summed E-state index contributed by atoms with van der Waals surface area (Å²) in [5, 5.41) is 3.30. The molecule has 6 heteroatoms. The van der Waals surface area contributed by atoms with E-state index in [-0.39, 0.29) is 5.82 Å². The van der Waals surface area contributed by atoms with Gasteiger partial charge >= 0.3 is 0 Å². The molecule has 1 fully saturated rings. The summed E-state index contributed by atoms with van der Waals surface area (Å²) < 4.78 is 21.4. The summed E-state index contributed by atoms with van der Waals surface area (Å²) in [4.78, 5) is 6.51. The lowest BCUT2D eigenvalue weighted by atomic mass is 10.2. The maximum absolute atomic E-state index is 14.0.